The molecule has 0 aliphatic heterocycles. The molecule has 3 heterocycles. The van der Waals surface area contributed by atoms with Crippen LogP contribution in [0.25, 0.3) is 22.5 Å². The topological polar surface area (TPSA) is 124 Å². The van der Waals surface area contributed by atoms with Gasteiger partial charge in [0.15, 0.2) is 5.82 Å². The molecule has 0 fully saturated rings. The van der Waals surface area contributed by atoms with Gasteiger partial charge in [0, 0.05) is 12.1 Å². The number of rotatable bonds is 7. The summed E-state index contributed by atoms with van der Waals surface area (Å²) in [5, 5.41) is 29.2. The molecule has 0 saturated heterocycles. The van der Waals surface area contributed by atoms with Crippen LogP contribution in [0.5, 0.6) is 0 Å². The lowest BCUT2D eigenvalue weighted by Crippen LogP contribution is -2.15. The largest absolute Gasteiger partial charge is 0.356 e. The highest BCUT2D eigenvalue weighted by atomic mass is 32.1. The molecule has 0 spiro atoms. The zero-order valence-electron chi connectivity index (χ0n) is 18.3. The number of aromatic nitrogens is 8. The molecule has 5 rings (SSSR count). The molecule has 0 bridgehead atoms. The fourth-order valence-corrected chi connectivity index (χ4v) is 4.65. The standard InChI is InChI=1S/C22H19N9OS2/c1-3-18-25-27-22(33-18)23-12-14-8-10-15(11-9-14)16-6-4-5-7-17(16)20-26-28-29-31(20)21(32)19-13(2)24-30-34-19/h4-11H,3,12H2,1-2H3,(H,23,27). The maximum Gasteiger partial charge on any atom is 0.295 e. The zero-order chi connectivity index (χ0) is 23.5. The number of nitrogens with one attached hydrogen (secondary N) is 1. The van der Waals surface area contributed by atoms with Gasteiger partial charge in [0.2, 0.25) is 5.13 Å². The Kier molecular flexibility index (Phi) is 6.14. The van der Waals surface area contributed by atoms with Crippen LogP contribution in [0.2, 0.25) is 0 Å². The van der Waals surface area contributed by atoms with Crippen LogP contribution in [0, 0.1) is 6.92 Å². The van der Waals surface area contributed by atoms with Crippen LogP contribution in [0.4, 0.5) is 5.13 Å². The molecule has 0 unspecified atom stereocenters. The van der Waals surface area contributed by atoms with Gasteiger partial charge in [-0.1, -0.05) is 71.3 Å². The van der Waals surface area contributed by atoms with Gasteiger partial charge in [-0.25, -0.2) is 0 Å². The van der Waals surface area contributed by atoms with Crippen LogP contribution in [-0.4, -0.2) is 45.9 Å². The number of hydrogen-bond acceptors (Lipinski definition) is 11. The summed E-state index contributed by atoms with van der Waals surface area (Å²) < 4.78 is 5.05. The SMILES string of the molecule is CCc1nnc(NCc2ccc(-c3ccccc3-c3nnnn3C(=O)c3snnc3C)cc2)s1. The van der Waals surface area contributed by atoms with Crippen molar-refractivity contribution in [2.75, 3.05) is 5.32 Å². The Bertz CT molecular complexity index is 1440. The maximum atomic E-state index is 13.0. The highest BCUT2D eigenvalue weighted by Gasteiger charge is 2.23. The summed E-state index contributed by atoms with van der Waals surface area (Å²) in [7, 11) is 0. The van der Waals surface area contributed by atoms with Crippen LogP contribution in [0.1, 0.15) is 32.9 Å². The molecule has 3 aromatic heterocycles. The Labute approximate surface area is 202 Å². The average Bonchev–Trinajstić information content (AvgIpc) is 3.63. The van der Waals surface area contributed by atoms with Crippen molar-refractivity contribution in [2.45, 2.75) is 26.8 Å². The molecule has 0 radical (unpaired) electrons. The average molecular weight is 490 g/mol. The number of carbonyl (C=O) groups excluding carboxylic acids is 1. The van der Waals surface area contributed by atoms with Crippen LogP contribution < -0.4 is 5.32 Å². The predicted molar refractivity (Wildman–Crippen MR) is 130 cm³/mol. The van der Waals surface area contributed by atoms with E-state index >= 15 is 0 Å². The summed E-state index contributed by atoms with van der Waals surface area (Å²) in [5.74, 6) is 0.00812. The summed E-state index contributed by atoms with van der Waals surface area (Å²) in [6.07, 6.45) is 0.878. The molecule has 12 heteroatoms. The van der Waals surface area contributed by atoms with Crippen molar-refractivity contribution in [2.24, 2.45) is 0 Å². The Morgan fingerprint density at radius 3 is 2.50 bits per heavy atom. The van der Waals surface area contributed by atoms with E-state index in [1.165, 1.54) is 4.68 Å². The molecule has 5 aromatic rings. The molecular weight excluding hydrogens is 470 g/mol. The number of benzene rings is 2. The Hall–Kier alpha value is -3.90. The van der Waals surface area contributed by atoms with E-state index in [1.54, 1.807) is 18.3 Å². The molecule has 0 aliphatic carbocycles. The van der Waals surface area contributed by atoms with E-state index in [1.807, 2.05) is 36.4 Å². The first-order valence-corrected chi connectivity index (χ1v) is 12.1. The summed E-state index contributed by atoms with van der Waals surface area (Å²) in [6, 6.07) is 15.9. The Balaban J connectivity index is 1.40. The number of hydrogen-bond donors (Lipinski definition) is 1. The van der Waals surface area contributed by atoms with Gasteiger partial charge >= 0.3 is 0 Å². The summed E-state index contributed by atoms with van der Waals surface area (Å²) in [6.45, 7) is 4.45. The van der Waals surface area contributed by atoms with Crippen molar-refractivity contribution >= 4 is 33.9 Å². The molecular formula is C22H19N9OS2. The van der Waals surface area contributed by atoms with Gasteiger partial charge in [-0.15, -0.1) is 20.4 Å². The van der Waals surface area contributed by atoms with Crippen molar-refractivity contribution < 1.29 is 4.79 Å². The quantitative estimate of drug-likeness (QED) is 0.339. The molecule has 0 aliphatic rings. The second kappa shape index (κ2) is 9.53. The number of carbonyl (C=O) groups is 1. The molecule has 2 aromatic carbocycles. The first-order valence-electron chi connectivity index (χ1n) is 10.5. The lowest BCUT2D eigenvalue weighted by molar-refractivity contribution is 0.0948. The Morgan fingerprint density at radius 2 is 1.79 bits per heavy atom. The highest BCUT2D eigenvalue weighted by Crippen LogP contribution is 2.31. The van der Waals surface area contributed by atoms with Gasteiger partial charge in [0.25, 0.3) is 5.91 Å². The zero-order valence-corrected chi connectivity index (χ0v) is 20.0. The fraction of sp³-hybridized carbons (Fsp3) is 0.182. The molecule has 1 N–H and O–H groups in total. The minimum Gasteiger partial charge on any atom is -0.356 e. The molecule has 170 valence electrons. The minimum atomic E-state index is -0.355. The second-order valence-corrected chi connectivity index (χ2v) is 9.17. The van der Waals surface area contributed by atoms with Gasteiger partial charge < -0.3 is 5.32 Å². The van der Waals surface area contributed by atoms with E-state index in [2.05, 4.69) is 59.7 Å². The second-order valence-electron chi connectivity index (χ2n) is 7.36. The summed E-state index contributed by atoms with van der Waals surface area (Å²) in [4.78, 5) is 13.4. The van der Waals surface area contributed by atoms with Gasteiger partial charge in [0.1, 0.15) is 9.88 Å². The Morgan fingerprint density at radius 1 is 1.00 bits per heavy atom. The van der Waals surface area contributed by atoms with Crippen LogP contribution in [-0.2, 0) is 13.0 Å². The number of aryl methyl sites for hydroxylation is 2. The lowest BCUT2D eigenvalue weighted by Gasteiger charge is -2.10. The lowest BCUT2D eigenvalue weighted by atomic mass is 9.98. The number of nitrogens with zero attached hydrogens (tertiary/aromatic N) is 8. The van der Waals surface area contributed by atoms with Crippen LogP contribution in [0.15, 0.2) is 48.5 Å². The number of anilines is 1. The normalized spacial score (nSPS) is 11.0. The van der Waals surface area contributed by atoms with Crippen LogP contribution >= 0.6 is 22.9 Å². The van der Waals surface area contributed by atoms with Crippen molar-refractivity contribution in [1.29, 1.82) is 0 Å². The first kappa shape index (κ1) is 21.9. The van der Waals surface area contributed by atoms with E-state index in [-0.39, 0.29) is 5.91 Å². The molecule has 10 nitrogen and oxygen atoms in total. The molecule has 0 atom stereocenters. The number of tetrazole rings is 1. The predicted octanol–water partition coefficient (Wildman–Crippen LogP) is 3.88. The minimum absolute atomic E-state index is 0.355. The van der Waals surface area contributed by atoms with E-state index in [9.17, 15) is 4.79 Å². The summed E-state index contributed by atoms with van der Waals surface area (Å²) >= 11 is 2.59. The van der Waals surface area contributed by atoms with Crippen molar-refractivity contribution in [3.8, 4) is 22.5 Å². The smallest absolute Gasteiger partial charge is 0.295 e. The highest BCUT2D eigenvalue weighted by molar-refractivity contribution is 7.15. The molecule has 0 saturated carbocycles. The molecule has 0 amide bonds. The van der Waals surface area contributed by atoms with E-state index in [4.69, 9.17) is 0 Å². The van der Waals surface area contributed by atoms with Crippen LogP contribution in [0.3, 0.4) is 0 Å². The third kappa shape index (κ3) is 4.32. The van der Waals surface area contributed by atoms with Gasteiger partial charge in [-0.2, -0.15) is 4.68 Å². The van der Waals surface area contributed by atoms with E-state index in [0.29, 0.717) is 22.9 Å². The van der Waals surface area contributed by atoms with Gasteiger partial charge in [-0.05, 0) is 52.0 Å². The maximum absolute atomic E-state index is 13.0. The third-order valence-electron chi connectivity index (χ3n) is 5.15. The first-order chi connectivity index (χ1) is 16.6. The monoisotopic (exact) mass is 489 g/mol. The van der Waals surface area contributed by atoms with E-state index < -0.39 is 0 Å². The third-order valence-corrected chi connectivity index (χ3v) is 6.99. The molecule has 34 heavy (non-hydrogen) atoms. The van der Waals surface area contributed by atoms with Gasteiger partial charge in [0.05, 0.1) is 5.69 Å². The van der Waals surface area contributed by atoms with Gasteiger partial charge in [-0.3, -0.25) is 4.79 Å². The fourth-order valence-electron chi connectivity index (χ4n) is 3.39. The van der Waals surface area contributed by atoms with Crippen molar-refractivity contribution in [1.82, 2.24) is 40.0 Å². The van der Waals surface area contributed by atoms with E-state index in [0.717, 1.165) is 50.3 Å². The van der Waals surface area contributed by atoms with Crippen molar-refractivity contribution in [3.63, 3.8) is 0 Å². The summed E-state index contributed by atoms with van der Waals surface area (Å²) in [5.41, 5.74) is 4.32. The van der Waals surface area contributed by atoms with Crippen molar-refractivity contribution in [3.05, 3.63) is 69.7 Å².